The molecule has 0 aromatic heterocycles. The number of carbonyl (C=O) groups is 1. The SMILES string of the molecule is COc1cc(NC(=O)C(F)(F)C(F)F)cc(OC)c1. The van der Waals surface area contributed by atoms with Crippen LogP contribution in [0.1, 0.15) is 0 Å². The summed E-state index contributed by atoms with van der Waals surface area (Å²) in [7, 11) is 2.63. The van der Waals surface area contributed by atoms with E-state index in [2.05, 4.69) is 0 Å². The van der Waals surface area contributed by atoms with Crippen LogP contribution < -0.4 is 14.8 Å². The quantitative estimate of drug-likeness (QED) is 0.844. The van der Waals surface area contributed by atoms with Gasteiger partial charge < -0.3 is 14.8 Å². The first-order chi connectivity index (χ1) is 8.81. The van der Waals surface area contributed by atoms with Gasteiger partial charge in [0.15, 0.2) is 0 Å². The lowest BCUT2D eigenvalue weighted by molar-refractivity contribution is -0.163. The fraction of sp³-hybridized carbons (Fsp3) is 0.364. The maximum absolute atomic E-state index is 12.8. The first kappa shape index (κ1) is 15.1. The lowest BCUT2D eigenvalue weighted by Crippen LogP contribution is -2.40. The molecule has 0 radical (unpaired) electrons. The summed E-state index contributed by atoms with van der Waals surface area (Å²) in [6, 6.07) is 3.82. The minimum absolute atomic E-state index is 0.137. The third-order valence-electron chi connectivity index (χ3n) is 2.19. The molecule has 1 amide bonds. The van der Waals surface area contributed by atoms with Crippen LogP contribution in [0.3, 0.4) is 0 Å². The van der Waals surface area contributed by atoms with Crippen LogP contribution in [0.15, 0.2) is 18.2 Å². The minimum atomic E-state index is -4.77. The Morgan fingerprint density at radius 2 is 1.63 bits per heavy atom. The number of methoxy groups -OCH3 is 2. The third-order valence-corrected chi connectivity index (χ3v) is 2.19. The molecule has 4 nitrogen and oxygen atoms in total. The van der Waals surface area contributed by atoms with E-state index in [0.717, 1.165) is 0 Å². The van der Waals surface area contributed by atoms with Crippen molar-refractivity contribution in [2.75, 3.05) is 19.5 Å². The molecule has 1 aromatic carbocycles. The first-order valence-corrected chi connectivity index (χ1v) is 5.01. The Bertz CT molecular complexity index is 443. The molecule has 0 atom stereocenters. The number of amides is 1. The molecular formula is C11H11F4NO3. The summed E-state index contributed by atoms with van der Waals surface area (Å²) in [6.45, 7) is 0. The molecular weight excluding hydrogens is 270 g/mol. The maximum Gasteiger partial charge on any atom is 0.383 e. The summed E-state index contributed by atoms with van der Waals surface area (Å²) >= 11 is 0. The zero-order valence-corrected chi connectivity index (χ0v) is 10.0. The van der Waals surface area contributed by atoms with Crippen molar-refractivity contribution < 1.29 is 31.8 Å². The van der Waals surface area contributed by atoms with Gasteiger partial charge in [-0.15, -0.1) is 0 Å². The Morgan fingerprint density at radius 3 is 2.00 bits per heavy atom. The molecule has 1 aromatic rings. The van der Waals surface area contributed by atoms with Crippen LogP contribution in [0.25, 0.3) is 0 Å². The van der Waals surface area contributed by atoms with Gasteiger partial charge in [0.05, 0.1) is 14.2 Å². The van der Waals surface area contributed by atoms with Crippen molar-refractivity contribution in [3.8, 4) is 11.5 Å². The van der Waals surface area contributed by atoms with Gasteiger partial charge in [0.25, 0.3) is 0 Å². The molecule has 106 valence electrons. The molecule has 19 heavy (non-hydrogen) atoms. The van der Waals surface area contributed by atoms with Gasteiger partial charge >= 0.3 is 18.3 Å². The van der Waals surface area contributed by atoms with E-state index in [1.54, 1.807) is 5.32 Å². The van der Waals surface area contributed by atoms with Crippen molar-refractivity contribution in [3.05, 3.63) is 18.2 Å². The van der Waals surface area contributed by atoms with Gasteiger partial charge in [0.2, 0.25) is 0 Å². The number of ether oxygens (including phenoxy) is 2. The fourth-order valence-electron chi connectivity index (χ4n) is 1.19. The van der Waals surface area contributed by atoms with Crippen LogP contribution in [0.4, 0.5) is 23.2 Å². The van der Waals surface area contributed by atoms with E-state index >= 15 is 0 Å². The lowest BCUT2D eigenvalue weighted by Gasteiger charge is -2.15. The van der Waals surface area contributed by atoms with Gasteiger partial charge in [-0.25, -0.2) is 8.78 Å². The van der Waals surface area contributed by atoms with E-state index < -0.39 is 18.3 Å². The molecule has 0 heterocycles. The number of alkyl halides is 4. The van der Waals surface area contributed by atoms with E-state index in [1.807, 2.05) is 0 Å². The number of hydrogen-bond acceptors (Lipinski definition) is 3. The van der Waals surface area contributed by atoms with Crippen molar-refractivity contribution >= 4 is 11.6 Å². The highest BCUT2D eigenvalue weighted by Gasteiger charge is 2.49. The fourth-order valence-corrected chi connectivity index (χ4v) is 1.19. The summed E-state index contributed by atoms with van der Waals surface area (Å²) in [5.41, 5.74) is -0.137. The molecule has 0 bridgehead atoms. The predicted molar refractivity (Wildman–Crippen MR) is 59.1 cm³/mol. The molecule has 1 rings (SSSR count). The second-order valence-corrected chi connectivity index (χ2v) is 3.48. The minimum Gasteiger partial charge on any atom is -0.497 e. The standard InChI is InChI=1S/C11H11F4NO3/c1-18-7-3-6(4-8(5-7)19-2)16-10(17)11(14,15)9(12)13/h3-5,9H,1-2H3,(H,16,17). The summed E-state index contributed by atoms with van der Waals surface area (Å²) < 4.78 is 59.2. The van der Waals surface area contributed by atoms with Crippen molar-refractivity contribution in [2.24, 2.45) is 0 Å². The highest BCUT2D eigenvalue weighted by atomic mass is 19.3. The summed E-state index contributed by atoms with van der Waals surface area (Å²) in [5, 5.41) is 1.68. The molecule has 0 aliphatic heterocycles. The van der Waals surface area contributed by atoms with Crippen LogP contribution in [-0.2, 0) is 4.79 Å². The van der Waals surface area contributed by atoms with Crippen LogP contribution in [0.2, 0.25) is 0 Å². The van der Waals surface area contributed by atoms with Crippen LogP contribution >= 0.6 is 0 Å². The molecule has 0 saturated heterocycles. The summed E-state index contributed by atoms with van der Waals surface area (Å²) in [6.07, 6.45) is -4.08. The number of benzene rings is 1. The second kappa shape index (κ2) is 5.77. The molecule has 0 aliphatic rings. The molecule has 0 fully saturated rings. The predicted octanol–water partition coefficient (Wildman–Crippen LogP) is 2.54. The van der Waals surface area contributed by atoms with Crippen LogP contribution in [0.5, 0.6) is 11.5 Å². The zero-order chi connectivity index (χ0) is 14.6. The molecule has 1 N–H and O–H groups in total. The van der Waals surface area contributed by atoms with E-state index in [0.29, 0.717) is 0 Å². The van der Waals surface area contributed by atoms with Crippen molar-refractivity contribution in [2.45, 2.75) is 12.3 Å². The van der Waals surface area contributed by atoms with Gasteiger partial charge in [0.1, 0.15) is 11.5 Å². The second-order valence-electron chi connectivity index (χ2n) is 3.48. The van der Waals surface area contributed by atoms with E-state index in [-0.39, 0.29) is 17.2 Å². The summed E-state index contributed by atoms with van der Waals surface area (Å²) in [4.78, 5) is 11.1. The molecule has 0 saturated carbocycles. The van der Waals surface area contributed by atoms with Crippen molar-refractivity contribution in [1.29, 1.82) is 0 Å². The highest BCUT2D eigenvalue weighted by molar-refractivity contribution is 5.96. The number of rotatable bonds is 5. The van der Waals surface area contributed by atoms with E-state index in [4.69, 9.17) is 9.47 Å². The average Bonchev–Trinajstić information content (AvgIpc) is 2.37. The Morgan fingerprint density at radius 1 is 1.16 bits per heavy atom. The Labute approximate surface area is 106 Å². The smallest absolute Gasteiger partial charge is 0.383 e. The van der Waals surface area contributed by atoms with Gasteiger partial charge in [0, 0.05) is 23.9 Å². The average molecular weight is 281 g/mol. The number of hydrogen-bond donors (Lipinski definition) is 1. The van der Waals surface area contributed by atoms with E-state index in [1.165, 1.54) is 32.4 Å². The number of carbonyl (C=O) groups excluding carboxylic acids is 1. The molecule has 0 aliphatic carbocycles. The lowest BCUT2D eigenvalue weighted by atomic mass is 10.2. The van der Waals surface area contributed by atoms with Gasteiger partial charge in [-0.2, -0.15) is 8.78 Å². The first-order valence-electron chi connectivity index (χ1n) is 5.01. The Kier molecular flexibility index (Phi) is 4.57. The number of nitrogens with one attached hydrogen (secondary N) is 1. The molecule has 0 unspecified atom stereocenters. The summed E-state index contributed by atoms with van der Waals surface area (Å²) in [5.74, 6) is -6.43. The van der Waals surface area contributed by atoms with Crippen molar-refractivity contribution in [3.63, 3.8) is 0 Å². The van der Waals surface area contributed by atoms with Gasteiger partial charge in [-0.05, 0) is 0 Å². The molecule has 0 spiro atoms. The van der Waals surface area contributed by atoms with E-state index in [9.17, 15) is 22.4 Å². The number of halogens is 4. The highest BCUT2D eigenvalue weighted by Crippen LogP contribution is 2.28. The van der Waals surface area contributed by atoms with Crippen molar-refractivity contribution in [1.82, 2.24) is 0 Å². The third kappa shape index (κ3) is 3.49. The monoisotopic (exact) mass is 281 g/mol. The van der Waals surface area contributed by atoms with Crippen LogP contribution in [-0.4, -0.2) is 32.5 Å². The topological polar surface area (TPSA) is 47.6 Å². The zero-order valence-electron chi connectivity index (χ0n) is 10.0. The Balaban J connectivity index is 2.96. The molecule has 8 heteroatoms. The largest absolute Gasteiger partial charge is 0.497 e. The number of anilines is 1. The Hall–Kier alpha value is -1.99. The maximum atomic E-state index is 12.8. The van der Waals surface area contributed by atoms with Gasteiger partial charge in [-0.3, -0.25) is 4.79 Å². The normalized spacial score (nSPS) is 11.3. The van der Waals surface area contributed by atoms with Crippen LogP contribution in [0, 0.1) is 0 Å². The van der Waals surface area contributed by atoms with Gasteiger partial charge in [-0.1, -0.05) is 0 Å².